The van der Waals surface area contributed by atoms with Gasteiger partial charge in [0.15, 0.2) is 17.9 Å². The number of nitrogens with two attached hydrogens (primary N) is 1. The van der Waals surface area contributed by atoms with Gasteiger partial charge in [0.05, 0.1) is 29.7 Å². The summed E-state index contributed by atoms with van der Waals surface area (Å²) in [5.41, 5.74) is 6.61. The lowest BCUT2D eigenvalue weighted by molar-refractivity contribution is 0.0246. The van der Waals surface area contributed by atoms with Gasteiger partial charge in [0.2, 0.25) is 0 Å². The molecule has 4 rings (SSSR count). The molecule has 0 saturated carbocycles. The molecule has 3 aromatic rings. The Hall–Kier alpha value is -2.54. The summed E-state index contributed by atoms with van der Waals surface area (Å²) in [4.78, 5) is 4.11. The lowest BCUT2D eigenvalue weighted by Crippen LogP contribution is -2.32. The number of halogens is 4. The first-order valence-corrected chi connectivity index (χ1v) is 10.7. The number of aliphatic hydroxyl groups excluding tert-OH is 1. The first-order valence-electron chi connectivity index (χ1n) is 9.82. The zero-order valence-corrected chi connectivity index (χ0v) is 17.8. The van der Waals surface area contributed by atoms with Crippen LogP contribution in [-0.2, 0) is 11.8 Å². The Morgan fingerprint density at radius 1 is 1.31 bits per heavy atom. The number of anilines is 1. The topological polar surface area (TPSA) is 98.2 Å². The second kappa shape index (κ2) is 9.14. The molecule has 12 heteroatoms. The lowest BCUT2D eigenvalue weighted by atomic mass is 10.0. The summed E-state index contributed by atoms with van der Waals surface area (Å²) in [7, 11) is 1.69. The van der Waals surface area contributed by atoms with Crippen LogP contribution in [0.25, 0.3) is 10.6 Å². The number of benzene rings is 1. The average molecular weight is 471 g/mol. The van der Waals surface area contributed by atoms with Crippen molar-refractivity contribution in [2.75, 3.05) is 11.9 Å². The molecule has 1 aliphatic rings. The van der Waals surface area contributed by atoms with Crippen molar-refractivity contribution in [2.24, 2.45) is 12.8 Å². The molecule has 0 aliphatic carbocycles. The summed E-state index contributed by atoms with van der Waals surface area (Å²) in [6.45, 7) is -0.149. The molecule has 32 heavy (non-hydrogen) atoms. The van der Waals surface area contributed by atoms with E-state index in [2.05, 4.69) is 15.4 Å². The van der Waals surface area contributed by atoms with E-state index in [4.69, 9.17) is 10.5 Å². The summed E-state index contributed by atoms with van der Waals surface area (Å²) in [6, 6.07) is 0.671. The van der Waals surface area contributed by atoms with E-state index in [9.17, 15) is 22.7 Å². The van der Waals surface area contributed by atoms with E-state index in [1.54, 1.807) is 11.7 Å². The second-order valence-corrected chi connectivity index (χ2v) is 8.38. The highest BCUT2D eigenvalue weighted by molar-refractivity contribution is 7.13. The third-order valence-corrected chi connectivity index (χ3v) is 6.18. The molecule has 1 saturated heterocycles. The molecule has 1 aliphatic heterocycles. The first kappa shape index (κ1) is 22.6. The minimum atomic E-state index is -1.33. The number of hydrogen-bond donors (Lipinski definition) is 3. The fourth-order valence-electron chi connectivity index (χ4n) is 3.56. The van der Waals surface area contributed by atoms with Gasteiger partial charge in [0, 0.05) is 24.5 Å². The SMILES string of the molecule is Cn1ncc(NC(O)c2csc(-c3cc(F)cc(F)c3F)n2)c1[C@@H]1CC[C@@H](N)[C@H](F)CO1. The van der Waals surface area contributed by atoms with Gasteiger partial charge >= 0.3 is 0 Å². The molecule has 1 unspecified atom stereocenters. The third kappa shape index (κ3) is 4.49. The summed E-state index contributed by atoms with van der Waals surface area (Å²) >= 11 is 0.928. The van der Waals surface area contributed by atoms with Crippen molar-refractivity contribution in [1.29, 1.82) is 0 Å². The number of ether oxygens (including phenoxy) is 1. The Balaban J connectivity index is 1.54. The van der Waals surface area contributed by atoms with Crippen LogP contribution in [0.5, 0.6) is 0 Å². The highest BCUT2D eigenvalue weighted by Crippen LogP contribution is 2.35. The van der Waals surface area contributed by atoms with Crippen molar-refractivity contribution in [1.82, 2.24) is 14.8 Å². The maximum atomic E-state index is 14.1. The molecule has 4 N–H and O–H groups in total. The molecule has 0 spiro atoms. The van der Waals surface area contributed by atoms with Crippen LogP contribution >= 0.6 is 11.3 Å². The number of aromatic nitrogens is 3. The maximum absolute atomic E-state index is 14.1. The smallest absolute Gasteiger partial charge is 0.169 e. The average Bonchev–Trinajstić information content (AvgIpc) is 3.34. The zero-order chi connectivity index (χ0) is 23.0. The minimum Gasteiger partial charge on any atom is -0.369 e. The monoisotopic (exact) mass is 471 g/mol. The predicted octanol–water partition coefficient (Wildman–Crippen LogP) is 3.58. The van der Waals surface area contributed by atoms with Crippen LogP contribution in [0.2, 0.25) is 0 Å². The molecule has 172 valence electrons. The summed E-state index contributed by atoms with van der Waals surface area (Å²) in [5, 5.41) is 19.1. The van der Waals surface area contributed by atoms with Gasteiger partial charge in [-0.05, 0) is 18.9 Å². The minimum absolute atomic E-state index is 0.0123. The van der Waals surface area contributed by atoms with Gasteiger partial charge in [0.25, 0.3) is 0 Å². The van der Waals surface area contributed by atoms with E-state index in [1.165, 1.54) is 11.6 Å². The molecule has 7 nitrogen and oxygen atoms in total. The number of hydrogen-bond acceptors (Lipinski definition) is 7. The van der Waals surface area contributed by atoms with Crippen molar-refractivity contribution < 1.29 is 27.4 Å². The number of nitrogens with one attached hydrogen (secondary N) is 1. The van der Waals surface area contributed by atoms with Crippen LogP contribution < -0.4 is 11.1 Å². The Labute approximate surface area is 184 Å². The van der Waals surface area contributed by atoms with E-state index in [0.717, 1.165) is 17.4 Å². The molecular formula is C20H21F4N5O2S. The van der Waals surface area contributed by atoms with Crippen LogP contribution in [0.3, 0.4) is 0 Å². The van der Waals surface area contributed by atoms with Crippen LogP contribution in [0, 0.1) is 17.5 Å². The normalized spacial score (nSPS) is 22.5. The predicted molar refractivity (Wildman–Crippen MR) is 110 cm³/mol. The number of nitrogens with zero attached hydrogens (tertiary/aromatic N) is 3. The molecule has 0 bridgehead atoms. The quantitative estimate of drug-likeness (QED) is 0.299. The van der Waals surface area contributed by atoms with Gasteiger partial charge in [-0.15, -0.1) is 11.3 Å². The van der Waals surface area contributed by atoms with E-state index in [-0.39, 0.29) is 22.9 Å². The molecule has 3 heterocycles. The molecule has 1 aromatic carbocycles. The highest BCUT2D eigenvalue weighted by Gasteiger charge is 2.30. The van der Waals surface area contributed by atoms with E-state index in [1.807, 2.05) is 0 Å². The lowest BCUT2D eigenvalue weighted by Gasteiger charge is -2.19. The molecule has 1 fully saturated rings. The number of aliphatic hydroxyl groups is 1. The van der Waals surface area contributed by atoms with Crippen LogP contribution in [0.1, 0.15) is 36.6 Å². The van der Waals surface area contributed by atoms with E-state index in [0.29, 0.717) is 30.3 Å². The van der Waals surface area contributed by atoms with Crippen LogP contribution in [0.15, 0.2) is 23.7 Å². The van der Waals surface area contributed by atoms with Crippen molar-refractivity contribution in [3.63, 3.8) is 0 Å². The Morgan fingerprint density at radius 2 is 2.09 bits per heavy atom. The Bertz CT molecular complexity index is 1100. The summed E-state index contributed by atoms with van der Waals surface area (Å²) < 4.78 is 62.2. The first-order chi connectivity index (χ1) is 15.2. The van der Waals surface area contributed by atoms with E-state index >= 15 is 0 Å². The summed E-state index contributed by atoms with van der Waals surface area (Å²) in [6.07, 6.45) is -0.710. The Kier molecular flexibility index (Phi) is 6.47. The van der Waals surface area contributed by atoms with Gasteiger partial charge in [0.1, 0.15) is 28.8 Å². The van der Waals surface area contributed by atoms with Gasteiger partial charge in [-0.25, -0.2) is 22.5 Å². The molecule has 4 atom stereocenters. The Morgan fingerprint density at radius 3 is 2.88 bits per heavy atom. The number of rotatable bonds is 5. The molecule has 0 amide bonds. The van der Waals surface area contributed by atoms with Crippen LogP contribution in [0.4, 0.5) is 23.2 Å². The van der Waals surface area contributed by atoms with Crippen molar-refractivity contribution in [2.45, 2.75) is 37.4 Å². The molecule has 0 radical (unpaired) electrons. The van der Waals surface area contributed by atoms with Crippen molar-refractivity contribution >= 4 is 17.0 Å². The van der Waals surface area contributed by atoms with Crippen molar-refractivity contribution in [3.05, 3.63) is 52.5 Å². The number of aryl methyl sites for hydroxylation is 1. The van der Waals surface area contributed by atoms with Gasteiger partial charge in [-0.1, -0.05) is 0 Å². The fourth-order valence-corrected chi connectivity index (χ4v) is 4.41. The van der Waals surface area contributed by atoms with Gasteiger partial charge in [-0.3, -0.25) is 4.68 Å². The fraction of sp³-hybridized carbons (Fsp3) is 0.400. The van der Waals surface area contributed by atoms with E-state index < -0.39 is 42.0 Å². The maximum Gasteiger partial charge on any atom is 0.169 e. The standard InChI is InChI=1S/C20H21F4N5O2S/c1-29-18(16-3-2-13(25)12(23)7-31-16)14(6-26-29)27-19(30)15-8-32-20(28-15)10-4-9(21)5-11(22)17(10)24/h4-6,8,12-13,16,19,27,30H,2-3,7,25H2,1H3/t12-,13-,16+,19?/m1/s1. The van der Waals surface area contributed by atoms with Crippen LogP contribution in [-0.4, -0.2) is 38.7 Å². The molecule has 2 aromatic heterocycles. The molecular weight excluding hydrogens is 450 g/mol. The third-order valence-electron chi connectivity index (χ3n) is 5.29. The number of thiazole rings is 1. The second-order valence-electron chi connectivity index (χ2n) is 7.52. The van der Waals surface area contributed by atoms with Gasteiger partial charge < -0.3 is 20.9 Å². The largest absolute Gasteiger partial charge is 0.369 e. The van der Waals surface area contributed by atoms with Crippen molar-refractivity contribution in [3.8, 4) is 10.6 Å². The zero-order valence-electron chi connectivity index (χ0n) is 16.9. The summed E-state index contributed by atoms with van der Waals surface area (Å²) in [5.74, 6) is -3.48. The highest BCUT2D eigenvalue weighted by atomic mass is 32.1. The number of alkyl halides is 1. The van der Waals surface area contributed by atoms with Gasteiger partial charge in [-0.2, -0.15) is 5.10 Å².